The van der Waals surface area contributed by atoms with Gasteiger partial charge in [0.1, 0.15) is 5.78 Å². The van der Waals surface area contributed by atoms with E-state index >= 15 is 0 Å². The van der Waals surface area contributed by atoms with Gasteiger partial charge in [0.2, 0.25) is 0 Å². The van der Waals surface area contributed by atoms with Crippen molar-refractivity contribution in [3.8, 4) is 0 Å². The monoisotopic (exact) mass is 486 g/mol. The standard InChI is InChI=1S/C21H26O.C2H6S.CH4O.H2O4S/c1-13-9-7-11-19(15(13)3)17(5)21(22)18(6)20-12-8-10-14(2)16(20)4;1-3-2;1-2;1-5(2,3)4/h7-12,17-18H,1-6H3;1-2H3;2H,1H3;(H2,1,2,3,4). The summed E-state index contributed by atoms with van der Waals surface area (Å²) in [5.41, 5.74) is 7.27. The zero-order valence-electron chi connectivity index (χ0n) is 20.5. The van der Waals surface area contributed by atoms with E-state index in [1.165, 1.54) is 22.3 Å². The first-order valence-corrected chi connectivity index (χ1v) is 13.0. The normalized spacial score (nSPS) is 12.0. The molecule has 32 heavy (non-hydrogen) atoms. The Morgan fingerprint density at radius 2 is 1.03 bits per heavy atom. The van der Waals surface area contributed by atoms with Crippen LogP contribution < -0.4 is 0 Å². The molecule has 0 radical (unpaired) electrons. The minimum Gasteiger partial charge on any atom is -0.400 e. The fourth-order valence-electron chi connectivity index (χ4n) is 3.17. The molecular formula is C24H38O6S2. The summed E-state index contributed by atoms with van der Waals surface area (Å²) in [6, 6.07) is 12.5. The van der Waals surface area contributed by atoms with Gasteiger partial charge in [0, 0.05) is 18.9 Å². The fourth-order valence-corrected chi connectivity index (χ4v) is 3.17. The summed E-state index contributed by atoms with van der Waals surface area (Å²) >= 11 is 1.75. The van der Waals surface area contributed by atoms with E-state index in [1.807, 2.05) is 38.5 Å². The predicted molar refractivity (Wildman–Crippen MR) is 135 cm³/mol. The van der Waals surface area contributed by atoms with Crippen molar-refractivity contribution < 1.29 is 27.4 Å². The van der Waals surface area contributed by atoms with Crippen LogP contribution in [0.3, 0.4) is 0 Å². The molecule has 0 bridgehead atoms. The van der Waals surface area contributed by atoms with Crippen LogP contribution in [-0.4, -0.2) is 48.0 Å². The minimum absolute atomic E-state index is 0.0742. The van der Waals surface area contributed by atoms with Gasteiger partial charge >= 0.3 is 10.4 Å². The number of Topliss-reactive ketones (excluding diaryl/α,β-unsaturated/α-hetero) is 1. The molecule has 2 rings (SSSR count). The topological polar surface area (TPSA) is 112 Å². The van der Waals surface area contributed by atoms with E-state index in [9.17, 15) is 4.79 Å². The summed E-state index contributed by atoms with van der Waals surface area (Å²) in [6.45, 7) is 12.5. The third-order valence-electron chi connectivity index (χ3n) is 5.08. The molecule has 0 aliphatic carbocycles. The number of carbonyl (C=O) groups excluding carboxylic acids is 1. The molecule has 6 nitrogen and oxygen atoms in total. The number of aliphatic hydroxyl groups excluding tert-OH is 1. The largest absolute Gasteiger partial charge is 0.400 e. The number of rotatable bonds is 4. The Kier molecular flexibility index (Phi) is 16.2. The van der Waals surface area contributed by atoms with Crippen LogP contribution in [0.25, 0.3) is 0 Å². The maximum atomic E-state index is 13.0. The molecule has 2 atom stereocenters. The number of ketones is 1. The SMILES string of the molecule is CO.CSC.Cc1cccc(C(C)C(=O)C(C)c2cccc(C)c2C)c1C.O=S(=O)(O)O. The molecule has 0 spiro atoms. The van der Waals surface area contributed by atoms with E-state index in [4.69, 9.17) is 22.6 Å². The van der Waals surface area contributed by atoms with Gasteiger partial charge in [0.05, 0.1) is 0 Å². The van der Waals surface area contributed by atoms with Gasteiger partial charge in [-0.25, -0.2) is 0 Å². The van der Waals surface area contributed by atoms with Crippen molar-refractivity contribution >= 4 is 27.9 Å². The first-order chi connectivity index (χ1) is 14.8. The van der Waals surface area contributed by atoms with Crippen molar-refractivity contribution in [1.82, 2.24) is 0 Å². The van der Waals surface area contributed by atoms with Crippen molar-refractivity contribution in [3.05, 3.63) is 69.8 Å². The Bertz CT molecular complexity index is 872. The predicted octanol–water partition coefficient (Wildman–Crippen LogP) is 5.33. The Morgan fingerprint density at radius 1 is 0.781 bits per heavy atom. The molecule has 0 saturated heterocycles. The number of aliphatic hydroxyl groups is 1. The molecule has 0 fully saturated rings. The van der Waals surface area contributed by atoms with Crippen molar-refractivity contribution in [2.45, 2.75) is 53.4 Å². The van der Waals surface area contributed by atoms with Gasteiger partial charge in [-0.1, -0.05) is 50.2 Å². The molecule has 0 aliphatic rings. The van der Waals surface area contributed by atoms with Gasteiger partial charge < -0.3 is 5.11 Å². The van der Waals surface area contributed by atoms with Crippen LogP contribution in [0.15, 0.2) is 36.4 Å². The minimum atomic E-state index is -4.67. The third kappa shape index (κ3) is 11.8. The van der Waals surface area contributed by atoms with Crippen molar-refractivity contribution in [2.24, 2.45) is 0 Å². The van der Waals surface area contributed by atoms with Crippen LogP contribution in [0.4, 0.5) is 0 Å². The lowest BCUT2D eigenvalue weighted by molar-refractivity contribution is -0.121. The van der Waals surface area contributed by atoms with Gasteiger partial charge in [0.25, 0.3) is 0 Å². The summed E-state index contributed by atoms with van der Waals surface area (Å²) in [7, 11) is -3.67. The highest BCUT2D eigenvalue weighted by Crippen LogP contribution is 2.31. The second-order valence-electron chi connectivity index (χ2n) is 7.28. The smallest absolute Gasteiger partial charge is 0.394 e. The third-order valence-corrected chi connectivity index (χ3v) is 5.08. The van der Waals surface area contributed by atoms with E-state index < -0.39 is 10.4 Å². The Morgan fingerprint density at radius 3 is 1.28 bits per heavy atom. The lowest BCUT2D eigenvalue weighted by Gasteiger charge is -2.21. The van der Waals surface area contributed by atoms with E-state index in [-0.39, 0.29) is 11.8 Å². The Labute approximate surface area is 198 Å². The molecule has 2 aromatic rings. The van der Waals surface area contributed by atoms with E-state index in [0.29, 0.717) is 5.78 Å². The highest BCUT2D eigenvalue weighted by atomic mass is 32.3. The molecule has 3 N–H and O–H groups in total. The van der Waals surface area contributed by atoms with Crippen molar-refractivity contribution in [1.29, 1.82) is 0 Å². The van der Waals surface area contributed by atoms with Crippen LogP contribution in [0.5, 0.6) is 0 Å². The molecule has 8 heteroatoms. The number of benzene rings is 2. The second kappa shape index (κ2) is 16.0. The number of hydrogen-bond donors (Lipinski definition) is 3. The number of thioether (sulfide) groups is 1. The summed E-state index contributed by atoms with van der Waals surface area (Å²) in [5.74, 6) is 0.145. The number of carbonyl (C=O) groups is 1. The van der Waals surface area contributed by atoms with Gasteiger partial charge in [0.15, 0.2) is 0 Å². The van der Waals surface area contributed by atoms with Gasteiger partial charge in [-0.05, 0) is 73.6 Å². The maximum Gasteiger partial charge on any atom is 0.394 e. The molecule has 2 unspecified atom stereocenters. The molecule has 0 aromatic heterocycles. The molecule has 0 amide bonds. The van der Waals surface area contributed by atoms with Gasteiger partial charge in [-0.15, -0.1) is 0 Å². The summed E-state index contributed by atoms with van der Waals surface area (Å²) in [4.78, 5) is 13.0. The highest BCUT2D eigenvalue weighted by Gasteiger charge is 2.25. The first-order valence-electron chi connectivity index (χ1n) is 9.96. The molecule has 0 aliphatic heterocycles. The van der Waals surface area contributed by atoms with Crippen LogP contribution in [0, 0.1) is 27.7 Å². The molecule has 182 valence electrons. The van der Waals surface area contributed by atoms with Crippen LogP contribution in [0.2, 0.25) is 0 Å². The van der Waals surface area contributed by atoms with E-state index in [1.54, 1.807) is 11.8 Å². The molecule has 0 saturated carbocycles. The Hall–Kier alpha value is -1.71. The molecular weight excluding hydrogens is 448 g/mol. The maximum absolute atomic E-state index is 13.0. The quantitative estimate of drug-likeness (QED) is 0.501. The second-order valence-corrected chi connectivity index (χ2v) is 8.99. The summed E-state index contributed by atoms with van der Waals surface area (Å²) < 4.78 is 31.6. The van der Waals surface area contributed by atoms with Crippen molar-refractivity contribution in [3.63, 3.8) is 0 Å². The zero-order chi connectivity index (χ0) is 25.6. The summed E-state index contributed by atoms with van der Waals surface area (Å²) in [6.07, 6.45) is 4.08. The first kappa shape index (κ1) is 32.5. The lowest BCUT2D eigenvalue weighted by atomic mass is 9.82. The average Bonchev–Trinajstić information content (AvgIpc) is 2.71. The van der Waals surface area contributed by atoms with Crippen molar-refractivity contribution in [2.75, 3.05) is 19.6 Å². The fraction of sp³-hybridized carbons (Fsp3) is 0.458. The van der Waals surface area contributed by atoms with Crippen LogP contribution >= 0.6 is 11.8 Å². The number of hydrogen-bond acceptors (Lipinski definition) is 5. The Balaban J connectivity index is 0. The van der Waals surface area contributed by atoms with Crippen LogP contribution in [-0.2, 0) is 15.2 Å². The number of aryl methyl sites for hydroxylation is 2. The average molecular weight is 487 g/mol. The van der Waals surface area contributed by atoms with E-state index in [0.717, 1.165) is 18.2 Å². The van der Waals surface area contributed by atoms with Gasteiger partial charge in [-0.2, -0.15) is 20.2 Å². The van der Waals surface area contributed by atoms with E-state index in [2.05, 4.69) is 52.0 Å². The summed E-state index contributed by atoms with van der Waals surface area (Å²) in [5, 5.41) is 7.00. The molecule has 2 aromatic carbocycles. The van der Waals surface area contributed by atoms with Gasteiger partial charge in [-0.3, -0.25) is 13.9 Å². The highest BCUT2D eigenvalue weighted by molar-refractivity contribution is 7.97. The lowest BCUT2D eigenvalue weighted by Crippen LogP contribution is -2.18. The molecule has 0 heterocycles. The zero-order valence-corrected chi connectivity index (χ0v) is 22.1. The van der Waals surface area contributed by atoms with Crippen LogP contribution in [0.1, 0.15) is 59.1 Å².